The molecule has 0 radical (unpaired) electrons. The zero-order chi connectivity index (χ0) is 19.8. The zero-order valence-electron chi connectivity index (χ0n) is 16.3. The molecule has 0 saturated heterocycles. The third-order valence-electron chi connectivity index (χ3n) is 4.30. The lowest BCUT2D eigenvalue weighted by Gasteiger charge is -2.10. The maximum absolute atomic E-state index is 12.4. The van der Waals surface area contributed by atoms with Crippen LogP contribution in [0.25, 0.3) is 11.5 Å². The number of rotatable bonds is 9. The molecule has 0 bridgehead atoms. The SMILES string of the molecule is CCCCOc1ncccc1CNC(=O)Cc1nc(-c2ccccc2)oc1C. The third kappa shape index (κ3) is 5.19. The van der Waals surface area contributed by atoms with Gasteiger partial charge in [-0.3, -0.25) is 4.79 Å². The average molecular weight is 379 g/mol. The number of ether oxygens (including phenoxy) is 1. The van der Waals surface area contributed by atoms with E-state index in [1.807, 2.05) is 49.4 Å². The van der Waals surface area contributed by atoms with Crippen LogP contribution in [0.1, 0.15) is 36.8 Å². The van der Waals surface area contributed by atoms with Crippen molar-refractivity contribution < 1.29 is 13.9 Å². The maximum atomic E-state index is 12.4. The van der Waals surface area contributed by atoms with Crippen LogP contribution in [-0.2, 0) is 17.8 Å². The monoisotopic (exact) mass is 379 g/mol. The van der Waals surface area contributed by atoms with Crippen molar-refractivity contribution in [2.75, 3.05) is 6.61 Å². The molecule has 0 aliphatic rings. The minimum absolute atomic E-state index is 0.126. The Hall–Kier alpha value is -3.15. The fourth-order valence-corrected chi connectivity index (χ4v) is 2.71. The van der Waals surface area contributed by atoms with E-state index in [1.165, 1.54) is 0 Å². The Labute approximate surface area is 165 Å². The number of nitrogens with one attached hydrogen (secondary N) is 1. The van der Waals surface area contributed by atoms with Crippen molar-refractivity contribution in [3.8, 4) is 17.3 Å². The van der Waals surface area contributed by atoms with Crippen molar-refractivity contribution in [2.24, 2.45) is 0 Å². The number of carbonyl (C=O) groups is 1. The first kappa shape index (κ1) is 19.6. The van der Waals surface area contributed by atoms with Gasteiger partial charge in [-0.15, -0.1) is 0 Å². The molecular formula is C22H25N3O3. The van der Waals surface area contributed by atoms with E-state index in [1.54, 1.807) is 6.20 Å². The molecule has 2 aromatic heterocycles. The van der Waals surface area contributed by atoms with Crippen molar-refractivity contribution in [2.45, 2.75) is 39.7 Å². The molecule has 3 aromatic rings. The molecule has 0 unspecified atom stereocenters. The third-order valence-corrected chi connectivity index (χ3v) is 4.30. The topological polar surface area (TPSA) is 77.2 Å². The molecule has 28 heavy (non-hydrogen) atoms. The fraction of sp³-hybridized carbons (Fsp3) is 0.318. The van der Waals surface area contributed by atoms with Gasteiger partial charge >= 0.3 is 0 Å². The number of hydrogen-bond acceptors (Lipinski definition) is 5. The van der Waals surface area contributed by atoms with Gasteiger partial charge in [-0.2, -0.15) is 0 Å². The van der Waals surface area contributed by atoms with Crippen molar-refractivity contribution in [3.63, 3.8) is 0 Å². The van der Waals surface area contributed by atoms with Gasteiger partial charge < -0.3 is 14.5 Å². The van der Waals surface area contributed by atoms with Crippen molar-refractivity contribution >= 4 is 5.91 Å². The Morgan fingerprint density at radius 1 is 1.18 bits per heavy atom. The van der Waals surface area contributed by atoms with Crippen molar-refractivity contribution in [3.05, 3.63) is 65.7 Å². The van der Waals surface area contributed by atoms with Crippen LogP contribution in [0.3, 0.4) is 0 Å². The van der Waals surface area contributed by atoms with E-state index < -0.39 is 0 Å². The van der Waals surface area contributed by atoms with Gasteiger partial charge in [0.2, 0.25) is 17.7 Å². The second kappa shape index (κ2) is 9.69. The molecule has 0 aliphatic heterocycles. The predicted molar refractivity (Wildman–Crippen MR) is 107 cm³/mol. The Kier molecular flexibility index (Phi) is 6.78. The summed E-state index contributed by atoms with van der Waals surface area (Å²) in [4.78, 5) is 21.1. The number of carbonyl (C=O) groups excluding carboxylic acids is 1. The highest BCUT2D eigenvalue weighted by molar-refractivity contribution is 5.78. The molecule has 1 aromatic carbocycles. The molecule has 2 heterocycles. The second-order valence-corrected chi connectivity index (χ2v) is 6.51. The first-order valence-electron chi connectivity index (χ1n) is 9.52. The summed E-state index contributed by atoms with van der Waals surface area (Å²) in [6.45, 7) is 4.91. The van der Waals surface area contributed by atoms with E-state index in [4.69, 9.17) is 9.15 Å². The Balaban J connectivity index is 1.59. The van der Waals surface area contributed by atoms with Crippen LogP contribution in [0.2, 0.25) is 0 Å². The lowest BCUT2D eigenvalue weighted by molar-refractivity contribution is -0.120. The molecule has 0 atom stereocenters. The lowest BCUT2D eigenvalue weighted by atomic mass is 10.2. The smallest absolute Gasteiger partial charge is 0.226 e. The van der Waals surface area contributed by atoms with Gasteiger partial charge in [0.15, 0.2) is 0 Å². The van der Waals surface area contributed by atoms with Gasteiger partial charge in [0, 0.05) is 23.9 Å². The number of hydrogen-bond donors (Lipinski definition) is 1. The van der Waals surface area contributed by atoms with Gasteiger partial charge in [-0.1, -0.05) is 37.6 Å². The van der Waals surface area contributed by atoms with Gasteiger partial charge in [0.25, 0.3) is 0 Å². The number of aryl methyl sites for hydroxylation is 1. The molecule has 0 fully saturated rings. The summed E-state index contributed by atoms with van der Waals surface area (Å²) < 4.78 is 11.4. The van der Waals surface area contributed by atoms with Crippen LogP contribution in [0.4, 0.5) is 0 Å². The summed E-state index contributed by atoms with van der Waals surface area (Å²) in [5.74, 6) is 1.62. The van der Waals surface area contributed by atoms with Gasteiger partial charge in [0.1, 0.15) is 5.76 Å². The molecule has 1 N–H and O–H groups in total. The summed E-state index contributed by atoms with van der Waals surface area (Å²) >= 11 is 0. The summed E-state index contributed by atoms with van der Waals surface area (Å²) in [5, 5.41) is 2.91. The van der Waals surface area contributed by atoms with Crippen LogP contribution in [0.15, 0.2) is 53.1 Å². The van der Waals surface area contributed by atoms with E-state index >= 15 is 0 Å². The summed E-state index contributed by atoms with van der Waals surface area (Å²) in [6.07, 6.45) is 3.88. The normalized spacial score (nSPS) is 10.6. The number of nitrogens with zero attached hydrogens (tertiary/aromatic N) is 2. The van der Waals surface area contributed by atoms with E-state index in [9.17, 15) is 4.79 Å². The highest BCUT2D eigenvalue weighted by Gasteiger charge is 2.15. The largest absolute Gasteiger partial charge is 0.477 e. The van der Waals surface area contributed by atoms with Crippen LogP contribution in [-0.4, -0.2) is 22.5 Å². The average Bonchev–Trinajstić information content (AvgIpc) is 3.08. The first-order chi connectivity index (χ1) is 13.7. The number of amides is 1. The Morgan fingerprint density at radius 2 is 2.00 bits per heavy atom. The zero-order valence-corrected chi connectivity index (χ0v) is 16.3. The van der Waals surface area contributed by atoms with E-state index in [0.29, 0.717) is 36.4 Å². The van der Waals surface area contributed by atoms with Crippen LogP contribution in [0, 0.1) is 6.92 Å². The first-order valence-corrected chi connectivity index (χ1v) is 9.52. The van der Waals surface area contributed by atoms with Crippen LogP contribution < -0.4 is 10.1 Å². The number of unbranched alkanes of at least 4 members (excludes halogenated alkanes) is 1. The summed E-state index contributed by atoms with van der Waals surface area (Å²) in [7, 11) is 0. The quantitative estimate of drug-likeness (QED) is 0.567. The van der Waals surface area contributed by atoms with E-state index in [2.05, 4.69) is 22.2 Å². The van der Waals surface area contributed by atoms with Gasteiger partial charge in [-0.05, 0) is 31.5 Å². The van der Waals surface area contributed by atoms with Crippen molar-refractivity contribution in [1.82, 2.24) is 15.3 Å². The molecule has 0 aliphatic carbocycles. The standard InChI is InChI=1S/C22H25N3O3/c1-3-4-13-27-21-18(11-8-12-23-21)15-24-20(26)14-19-16(2)28-22(25-19)17-9-6-5-7-10-17/h5-12H,3-4,13-15H2,1-2H3,(H,24,26). The maximum Gasteiger partial charge on any atom is 0.226 e. The number of benzene rings is 1. The van der Waals surface area contributed by atoms with Crippen LogP contribution in [0.5, 0.6) is 5.88 Å². The molecular weight excluding hydrogens is 354 g/mol. The minimum Gasteiger partial charge on any atom is -0.477 e. The highest BCUT2D eigenvalue weighted by atomic mass is 16.5. The highest BCUT2D eigenvalue weighted by Crippen LogP contribution is 2.21. The number of oxazole rings is 1. The van der Waals surface area contributed by atoms with Gasteiger partial charge in [-0.25, -0.2) is 9.97 Å². The Bertz CT molecular complexity index is 906. The molecule has 0 saturated carbocycles. The minimum atomic E-state index is -0.126. The lowest BCUT2D eigenvalue weighted by Crippen LogP contribution is -2.25. The van der Waals surface area contributed by atoms with Crippen LogP contribution >= 0.6 is 0 Å². The number of aromatic nitrogens is 2. The fourth-order valence-electron chi connectivity index (χ4n) is 2.71. The molecule has 1 amide bonds. The molecule has 146 valence electrons. The molecule has 6 nitrogen and oxygen atoms in total. The van der Waals surface area contributed by atoms with Gasteiger partial charge in [0.05, 0.1) is 18.7 Å². The van der Waals surface area contributed by atoms with Crippen molar-refractivity contribution in [1.29, 1.82) is 0 Å². The summed E-state index contributed by atoms with van der Waals surface area (Å²) in [6, 6.07) is 13.4. The molecule has 3 rings (SSSR count). The number of pyridine rings is 1. The molecule has 6 heteroatoms. The predicted octanol–water partition coefficient (Wildman–Crippen LogP) is 4.08. The molecule has 0 spiro atoms. The Morgan fingerprint density at radius 3 is 2.79 bits per heavy atom. The second-order valence-electron chi connectivity index (χ2n) is 6.51. The van der Waals surface area contributed by atoms with E-state index in [0.717, 1.165) is 24.0 Å². The van der Waals surface area contributed by atoms with E-state index in [-0.39, 0.29) is 12.3 Å². The summed E-state index contributed by atoms with van der Waals surface area (Å²) in [5.41, 5.74) is 2.39.